The molecule has 10 nitrogen and oxygen atoms in total. The molecule has 0 bridgehead atoms. The Labute approximate surface area is 421 Å². The molecule has 0 aliphatic carbocycles. The van der Waals surface area contributed by atoms with E-state index in [1.54, 1.807) is 12.1 Å². The first-order valence-corrected chi connectivity index (χ1v) is 26.7. The van der Waals surface area contributed by atoms with Crippen LogP contribution in [0.4, 0.5) is 0 Å². The van der Waals surface area contributed by atoms with E-state index in [1.807, 2.05) is 12.1 Å². The molecule has 0 heterocycles. The summed E-state index contributed by atoms with van der Waals surface area (Å²) in [6.45, 7) is 4.50. The van der Waals surface area contributed by atoms with Crippen molar-refractivity contribution < 1.29 is 45.6 Å². The Morgan fingerprint density at radius 3 is 1.15 bits per heavy atom. The van der Waals surface area contributed by atoms with E-state index < -0.39 is 20.2 Å². The fourth-order valence-electron chi connectivity index (χ4n) is 7.65. The van der Waals surface area contributed by atoms with Gasteiger partial charge in [0.25, 0.3) is 10.1 Å². The zero-order valence-electron chi connectivity index (χ0n) is 39.2. The number of ether oxygens (including phenoxy) is 2. The minimum atomic E-state index is -4.49. The van der Waals surface area contributed by atoms with Gasteiger partial charge >= 0.3 is 37.7 Å². The topological polar surface area (TPSA) is 173 Å². The molecule has 13 heteroatoms. The average molecular weight is 963 g/mol. The van der Waals surface area contributed by atoms with Crippen molar-refractivity contribution in [1.82, 2.24) is 0 Å². The van der Waals surface area contributed by atoms with Gasteiger partial charge in [-0.25, -0.2) is 8.42 Å². The van der Waals surface area contributed by atoms with Crippen LogP contribution in [0.1, 0.15) is 179 Å². The number of phenolic OH excluding ortho intramolecular Hbond substituents is 1. The summed E-state index contributed by atoms with van der Waals surface area (Å²) in [6, 6.07) is 20.8. The Morgan fingerprint density at radius 1 is 0.446 bits per heavy atom. The Hall–Kier alpha value is -2.84. The first kappa shape index (κ1) is 58.3. The van der Waals surface area contributed by atoms with Gasteiger partial charge in [-0.3, -0.25) is 4.55 Å². The number of rotatable bonds is 32. The Kier molecular flexibility index (Phi) is 30.1. The smallest absolute Gasteiger partial charge is 0.872 e. The van der Waals surface area contributed by atoms with Gasteiger partial charge in [-0.15, -0.1) is 5.75 Å². The fourth-order valence-corrected chi connectivity index (χ4v) is 8.60. The third-order valence-electron chi connectivity index (χ3n) is 11.2. The monoisotopic (exact) mass is 962 g/mol. The molecule has 65 heavy (non-hydrogen) atoms. The number of phenols is 1. The van der Waals surface area contributed by atoms with Gasteiger partial charge in [0.05, 0.1) is 9.79 Å². The molecular weight excluding hydrogens is 889 g/mol. The number of hydrogen-bond donors (Lipinski definition) is 2. The molecule has 356 valence electrons. The SMILES string of the molecule is CCCCCCCCCCCCCCc1cc(O)cc(Oc2ccc(S(=O)(=O)O)cc2)c1.CCCCCCCCCCCCCCc1cc([O-])cc(Oc2ccc(S(=O)(=O)[O-])cc2)c1.[Ca+2]. The average Bonchev–Trinajstić information content (AvgIpc) is 3.24. The van der Waals surface area contributed by atoms with Crippen LogP contribution in [0.3, 0.4) is 0 Å². The summed E-state index contributed by atoms with van der Waals surface area (Å²) < 4.78 is 75.8. The first-order valence-electron chi connectivity index (χ1n) is 23.9. The summed E-state index contributed by atoms with van der Waals surface area (Å²) in [6.07, 6.45) is 32.9. The number of hydrogen-bond acceptors (Lipinski definition) is 9. The predicted molar refractivity (Wildman–Crippen MR) is 260 cm³/mol. The number of benzene rings is 4. The maximum Gasteiger partial charge on any atom is 2.00 e. The molecule has 2 N–H and O–H groups in total. The van der Waals surface area contributed by atoms with E-state index >= 15 is 0 Å². The van der Waals surface area contributed by atoms with Crippen molar-refractivity contribution >= 4 is 58.0 Å². The Morgan fingerprint density at radius 2 is 0.785 bits per heavy atom. The summed E-state index contributed by atoms with van der Waals surface area (Å²) in [7, 11) is -8.72. The van der Waals surface area contributed by atoms with E-state index in [1.165, 1.54) is 196 Å². The van der Waals surface area contributed by atoms with Crippen molar-refractivity contribution in [2.24, 2.45) is 0 Å². The minimum absolute atomic E-state index is 0. The van der Waals surface area contributed by atoms with Crippen LogP contribution < -0.4 is 14.6 Å². The molecule has 0 saturated heterocycles. The third kappa shape index (κ3) is 26.9. The van der Waals surface area contributed by atoms with Crippen molar-refractivity contribution in [1.29, 1.82) is 0 Å². The van der Waals surface area contributed by atoms with Crippen LogP contribution in [0.2, 0.25) is 0 Å². The van der Waals surface area contributed by atoms with Crippen LogP contribution in [0, 0.1) is 0 Å². The molecule has 0 saturated carbocycles. The van der Waals surface area contributed by atoms with Crippen molar-refractivity contribution in [3.63, 3.8) is 0 Å². The maximum atomic E-state index is 12.0. The molecule has 0 spiro atoms. The maximum absolute atomic E-state index is 12.0. The van der Waals surface area contributed by atoms with Crippen LogP contribution in [0.15, 0.2) is 94.7 Å². The van der Waals surface area contributed by atoms with Crippen LogP contribution >= 0.6 is 0 Å². The van der Waals surface area contributed by atoms with Gasteiger partial charge in [0.15, 0.2) is 0 Å². The second-order valence-corrected chi connectivity index (χ2v) is 19.8. The minimum Gasteiger partial charge on any atom is -0.872 e. The van der Waals surface area contributed by atoms with E-state index in [0.717, 1.165) is 43.2 Å². The molecule has 0 aromatic heterocycles. The van der Waals surface area contributed by atoms with Crippen molar-refractivity contribution in [2.75, 3.05) is 0 Å². The van der Waals surface area contributed by atoms with E-state index in [0.29, 0.717) is 23.0 Å². The second-order valence-electron chi connectivity index (χ2n) is 17.0. The first-order chi connectivity index (χ1) is 30.8. The van der Waals surface area contributed by atoms with E-state index in [-0.39, 0.29) is 59.0 Å². The largest absolute Gasteiger partial charge is 2.00 e. The van der Waals surface area contributed by atoms with Gasteiger partial charge in [-0.1, -0.05) is 161 Å². The van der Waals surface area contributed by atoms with Gasteiger partial charge in [-0.05, 0) is 110 Å². The summed E-state index contributed by atoms with van der Waals surface area (Å²) in [5.41, 5.74) is 1.96. The number of aromatic hydroxyl groups is 1. The van der Waals surface area contributed by atoms with Gasteiger partial charge in [-0.2, -0.15) is 8.42 Å². The van der Waals surface area contributed by atoms with Gasteiger partial charge < -0.3 is 24.2 Å². The van der Waals surface area contributed by atoms with Crippen LogP contribution in [-0.4, -0.2) is 68.8 Å². The normalized spacial score (nSPS) is 11.4. The van der Waals surface area contributed by atoms with E-state index in [2.05, 4.69) is 13.8 Å². The summed E-state index contributed by atoms with van der Waals surface area (Å²) in [4.78, 5) is -0.497. The number of unbranched alkanes of at least 4 members (excludes halogenated alkanes) is 22. The summed E-state index contributed by atoms with van der Waals surface area (Å²) >= 11 is 0. The summed E-state index contributed by atoms with van der Waals surface area (Å²) in [5, 5.41) is 22.0. The Balaban J connectivity index is 0.000000440. The molecule has 0 unspecified atom stereocenters. The zero-order valence-corrected chi connectivity index (χ0v) is 43.0. The molecule has 0 radical (unpaired) electrons. The van der Waals surface area contributed by atoms with Crippen LogP contribution in [0.25, 0.3) is 0 Å². The van der Waals surface area contributed by atoms with Crippen molar-refractivity contribution in [2.45, 2.75) is 191 Å². The fraction of sp³-hybridized carbons (Fsp3) is 0.538. The van der Waals surface area contributed by atoms with Crippen molar-refractivity contribution in [3.05, 3.63) is 96.1 Å². The van der Waals surface area contributed by atoms with Gasteiger partial charge in [0.1, 0.15) is 38.9 Å². The third-order valence-corrected chi connectivity index (χ3v) is 13.0. The van der Waals surface area contributed by atoms with E-state index in [4.69, 9.17) is 14.0 Å². The van der Waals surface area contributed by atoms with E-state index in [9.17, 15) is 31.6 Å². The van der Waals surface area contributed by atoms with Crippen molar-refractivity contribution in [3.8, 4) is 34.5 Å². The molecule has 0 fully saturated rings. The molecule has 0 aliphatic rings. The molecule has 0 atom stereocenters. The number of aryl methyl sites for hydroxylation is 2. The molecule has 4 rings (SSSR count). The molecule has 0 aliphatic heterocycles. The van der Waals surface area contributed by atoms with Gasteiger partial charge in [0.2, 0.25) is 0 Å². The van der Waals surface area contributed by atoms with Crippen LogP contribution in [-0.2, 0) is 33.1 Å². The molecule has 4 aromatic rings. The van der Waals surface area contributed by atoms with Gasteiger partial charge in [0, 0.05) is 6.07 Å². The standard InChI is InChI=1S/2C26H38O5S.Ca/c2*1-2-3-4-5-6-7-8-9-10-11-12-13-14-22-19-23(27)21-25(20-22)31-24-15-17-26(18-16-24)32(28,29)30;/h2*15-21,27H,2-14H2,1H3,(H,28,29,30);/q;;+2/p-2. The molecule has 4 aromatic carbocycles. The van der Waals surface area contributed by atoms with Crippen LogP contribution in [0.5, 0.6) is 34.5 Å². The second kappa shape index (κ2) is 33.6. The predicted octanol–water partition coefficient (Wildman–Crippen LogP) is 14.0. The Bertz CT molecular complexity index is 1940. The summed E-state index contributed by atoms with van der Waals surface area (Å²) in [5.74, 6) is 1.75. The zero-order chi connectivity index (χ0) is 46.5. The molecule has 0 amide bonds. The molecular formula is C52H74CaO10S2. The quantitative estimate of drug-likeness (QED) is 0.0272.